The van der Waals surface area contributed by atoms with Gasteiger partial charge in [0.2, 0.25) is 5.91 Å². The molecular weight excluding hydrogens is 449 g/mol. The average Bonchev–Trinajstić information content (AvgIpc) is 3.09. The first-order chi connectivity index (χ1) is 13.3. The number of hydrogen-bond donors (Lipinski definition) is 1. The van der Waals surface area contributed by atoms with Gasteiger partial charge in [0.15, 0.2) is 0 Å². The standard InChI is InChI=1S/C19H20BrClFN5O/c1-11-19(24-18(28)6-7-26-12(2)16(20)9-23-26)13(3)27(25-11)10-14-4-5-15(22)8-17(14)21/h4-5,8-9H,6-7,10H2,1-3H3,(H,24,28). The van der Waals surface area contributed by atoms with Crippen molar-refractivity contribution < 1.29 is 9.18 Å². The highest BCUT2D eigenvalue weighted by atomic mass is 79.9. The molecule has 0 saturated heterocycles. The van der Waals surface area contributed by atoms with Gasteiger partial charge in [0.1, 0.15) is 5.82 Å². The topological polar surface area (TPSA) is 64.7 Å². The molecular formula is C19H20BrClFN5O. The Labute approximate surface area is 175 Å². The number of carbonyl (C=O) groups excluding carboxylic acids is 1. The second kappa shape index (κ2) is 8.45. The molecule has 0 spiro atoms. The highest BCUT2D eigenvalue weighted by molar-refractivity contribution is 9.10. The number of aryl methyl sites for hydroxylation is 2. The number of benzene rings is 1. The Bertz CT molecular complexity index is 1030. The molecule has 28 heavy (non-hydrogen) atoms. The molecule has 1 N–H and O–H groups in total. The van der Waals surface area contributed by atoms with Gasteiger partial charge >= 0.3 is 0 Å². The predicted molar refractivity (Wildman–Crippen MR) is 110 cm³/mol. The molecule has 0 saturated carbocycles. The lowest BCUT2D eigenvalue weighted by Gasteiger charge is -2.09. The van der Waals surface area contributed by atoms with Gasteiger partial charge in [0.25, 0.3) is 0 Å². The van der Waals surface area contributed by atoms with Crippen LogP contribution in [-0.4, -0.2) is 25.5 Å². The third kappa shape index (κ3) is 4.44. The Balaban J connectivity index is 1.69. The van der Waals surface area contributed by atoms with E-state index in [9.17, 15) is 9.18 Å². The van der Waals surface area contributed by atoms with Gasteiger partial charge in [0.05, 0.1) is 40.8 Å². The zero-order chi connectivity index (χ0) is 20.4. The number of nitrogens with zero attached hydrogens (tertiary/aromatic N) is 4. The quantitative estimate of drug-likeness (QED) is 0.573. The number of carbonyl (C=O) groups is 1. The predicted octanol–water partition coefficient (Wildman–Crippen LogP) is 4.64. The molecule has 1 amide bonds. The Morgan fingerprint density at radius 3 is 2.64 bits per heavy atom. The zero-order valence-corrected chi connectivity index (χ0v) is 18.1. The van der Waals surface area contributed by atoms with E-state index in [0.29, 0.717) is 35.9 Å². The molecule has 0 bridgehead atoms. The van der Waals surface area contributed by atoms with Crippen LogP contribution in [0.1, 0.15) is 29.1 Å². The summed E-state index contributed by atoms with van der Waals surface area (Å²) in [7, 11) is 0. The van der Waals surface area contributed by atoms with Gasteiger partial charge in [-0.05, 0) is 54.4 Å². The van der Waals surface area contributed by atoms with Crippen LogP contribution in [-0.2, 0) is 17.9 Å². The smallest absolute Gasteiger partial charge is 0.226 e. The summed E-state index contributed by atoms with van der Waals surface area (Å²) in [6, 6.07) is 4.28. The molecule has 3 aromatic rings. The van der Waals surface area contributed by atoms with Crippen LogP contribution in [0.4, 0.5) is 10.1 Å². The van der Waals surface area contributed by atoms with E-state index in [-0.39, 0.29) is 11.7 Å². The Morgan fingerprint density at radius 1 is 1.25 bits per heavy atom. The first kappa shape index (κ1) is 20.5. The third-order valence-electron chi connectivity index (χ3n) is 4.58. The normalized spacial score (nSPS) is 11.1. The van der Waals surface area contributed by atoms with Crippen molar-refractivity contribution >= 4 is 39.1 Å². The van der Waals surface area contributed by atoms with E-state index in [0.717, 1.165) is 21.4 Å². The maximum absolute atomic E-state index is 13.2. The molecule has 6 nitrogen and oxygen atoms in total. The van der Waals surface area contributed by atoms with Crippen molar-refractivity contribution in [1.82, 2.24) is 19.6 Å². The zero-order valence-electron chi connectivity index (χ0n) is 15.8. The lowest BCUT2D eigenvalue weighted by atomic mass is 10.2. The van der Waals surface area contributed by atoms with Gasteiger partial charge in [-0.2, -0.15) is 10.2 Å². The van der Waals surface area contributed by atoms with Crippen LogP contribution in [0.3, 0.4) is 0 Å². The lowest BCUT2D eigenvalue weighted by Crippen LogP contribution is -2.16. The second-order valence-corrected chi connectivity index (χ2v) is 7.80. The molecule has 0 aliphatic carbocycles. The lowest BCUT2D eigenvalue weighted by molar-refractivity contribution is -0.116. The fourth-order valence-electron chi connectivity index (χ4n) is 2.90. The van der Waals surface area contributed by atoms with E-state index < -0.39 is 0 Å². The molecule has 3 rings (SSSR count). The summed E-state index contributed by atoms with van der Waals surface area (Å²) >= 11 is 9.52. The minimum Gasteiger partial charge on any atom is -0.323 e. The van der Waals surface area contributed by atoms with Crippen molar-refractivity contribution in [2.24, 2.45) is 0 Å². The maximum Gasteiger partial charge on any atom is 0.226 e. The van der Waals surface area contributed by atoms with E-state index in [1.165, 1.54) is 12.1 Å². The van der Waals surface area contributed by atoms with Crippen molar-refractivity contribution in [1.29, 1.82) is 0 Å². The van der Waals surface area contributed by atoms with Crippen molar-refractivity contribution in [3.63, 3.8) is 0 Å². The fraction of sp³-hybridized carbons (Fsp3) is 0.316. The number of hydrogen-bond acceptors (Lipinski definition) is 3. The second-order valence-electron chi connectivity index (χ2n) is 6.54. The SMILES string of the molecule is Cc1nn(Cc2ccc(F)cc2Cl)c(C)c1NC(=O)CCn1ncc(Br)c1C. The minimum absolute atomic E-state index is 0.114. The highest BCUT2D eigenvalue weighted by Crippen LogP contribution is 2.24. The Hall–Kier alpha value is -2.19. The molecule has 0 fully saturated rings. The van der Waals surface area contributed by atoms with Crippen molar-refractivity contribution in [3.05, 3.63) is 62.4 Å². The molecule has 0 aliphatic heterocycles. The number of nitrogens with one attached hydrogen (secondary N) is 1. The van der Waals surface area contributed by atoms with E-state index in [2.05, 4.69) is 31.4 Å². The summed E-state index contributed by atoms with van der Waals surface area (Å²) in [6.45, 7) is 6.53. The number of amides is 1. The van der Waals surface area contributed by atoms with Crippen LogP contribution >= 0.6 is 27.5 Å². The summed E-state index contributed by atoms with van der Waals surface area (Å²) in [5, 5.41) is 12.0. The van der Waals surface area contributed by atoms with Gasteiger partial charge in [-0.3, -0.25) is 14.2 Å². The van der Waals surface area contributed by atoms with E-state index >= 15 is 0 Å². The summed E-state index contributed by atoms with van der Waals surface area (Å²) in [4.78, 5) is 12.4. The number of anilines is 1. The molecule has 0 atom stereocenters. The van der Waals surface area contributed by atoms with Gasteiger partial charge in [0, 0.05) is 17.1 Å². The average molecular weight is 469 g/mol. The number of halogens is 3. The summed E-state index contributed by atoms with van der Waals surface area (Å²) in [5.41, 5.74) is 3.93. The van der Waals surface area contributed by atoms with Gasteiger partial charge in [-0.15, -0.1) is 0 Å². The third-order valence-corrected chi connectivity index (χ3v) is 5.71. The molecule has 2 heterocycles. The van der Waals surface area contributed by atoms with Crippen molar-refractivity contribution in [2.45, 2.75) is 40.3 Å². The summed E-state index contributed by atoms with van der Waals surface area (Å²) in [5.74, 6) is -0.494. The summed E-state index contributed by atoms with van der Waals surface area (Å²) in [6.07, 6.45) is 2.01. The van der Waals surface area contributed by atoms with Crippen LogP contribution in [0.15, 0.2) is 28.9 Å². The van der Waals surface area contributed by atoms with E-state index in [1.807, 2.05) is 20.8 Å². The monoisotopic (exact) mass is 467 g/mol. The number of aromatic nitrogens is 4. The first-order valence-electron chi connectivity index (χ1n) is 8.72. The van der Waals surface area contributed by atoms with Crippen molar-refractivity contribution in [2.75, 3.05) is 5.32 Å². The summed E-state index contributed by atoms with van der Waals surface area (Å²) < 4.78 is 17.7. The highest BCUT2D eigenvalue weighted by Gasteiger charge is 2.16. The number of rotatable bonds is 6. The van der Waals surface area contributed by atoms with Gasteiger partial charge < -0.3 is 5.32 Å². The van der Waals surface area contributed by atoms with Crippen LogP contribution in [0.5, 0.6) is 0 Å². The van der Waals surface area contributed by atoms with Crippen LogP contribution in [0.25, 0.3) is 0 Å². The molecule has 148 valence electrons. The first-order valence-corrected chi connectivity index (χ1v) is 9.89. The molecule has 1 aromatic carbocycles. The largest absolute Gasteiger partial charge is 0.323 e. The molecule has 0 radical (unpaired) electrons. The molecule has 2 aromatic heterocycles. The fourth-order valence-corrected chi connectivity index (χ4v) is 3.42. The molecule has 0 aliphatic rings. The van der Waals surface area contributed by atoms with Crippen LogP contribution in [0.2, 0.25) is 5.02 Å². The van der Waals surface area contributed by atoms with E-state index in [1.54, 1.807) is 21.6 Å². The Kier molecular flexibility index (Phi) is 6.20. The van der Waals surface area contributed by atoms with Crippen molar-refractivity contribution in [3.8, 4) is 0 Å². The molecule has 9 heteroatoms. The van der Waals surface area contributed by atoms with Gasteiger partial charge in [-0.1, -0.05) is 17.7 Å². The van der Waals surface area contributed by atoms with Crippen LogP contribution < -0.4 is 5.32 Å². The van der Waals surface area contributed by atoms with E-state index in [4.69, 9.17) is 11.6 Å². The minimum atomic E-state index is -0.380. The molecule has 0 unspecified atom stereocenters. The van der Waals surface area contributed by atoms with Gasteiger partial charge in [-0.25, -0.2) is 4.39 Å². The van der Waals surface area contributed by atoms with Crippen LogP contribution in [0, 0.1) is 26.6 Å². The Morgan fingerprint density at radius 2 is 2.00 bits per heavy atom. The maximum atomic E-state index is 13.2.